The highest BCUT2D eigenvalue weighted by Crippen LogP contribution is 2.24. The van der Waals surface area contributed by atoms with Crippen LogP contribution in [0.15, 0.2) is 51.6 Å². The predicted octanol–water partition coefficient (Wildman–Crippen LogP) is 4.84. The molecule has 0 aliphatic carbocycles. The van der Waals surface area contributed by atoms with E-state index < -0.39 is 0 Å². The van der Waals surface area contributed by atoms with E-state index in [1.807, 2.05) is 18.2 Å². The van der Waals surface area contributed by atoms with Gasteiger partial charge in [0, 0.05) is 10.5 Å². The highest BCUT2D eigenvalue weighted by molar-refractivity contribution is 9.10. The number of nitrogens with one attached hydrogen (secondary N) is 1. The standard InChI is InChI=1S/C15H18BrNO/c1-3-14(15-8-5-9-18-15)17-11(2)12-6-4-7-13(16)10-12/h4-11,14,17H,3H2,1-2H3. The molecule has 2 nitrogen and oxygen atoms in total. The van der Waals surface area contributed by atoms with Gasteiger partial charge in [0.1, 0.15) is 5.76 Å². The van der Waals surface area contributed by atoms with E-state index in [0.29, 0.717) is 0 Å². The van der Waals surface area contributed by atoms with Crippen LogP contribution in [0.2, 0.25) is 0 Å². The maximum atomic E-state index is 5.48. The second kappa shape index (κ2) is 6.21. The molecule has 0 bridgehead atoms. The third-order valence-electron chi connectivity index (χ3n) is 3.09. The molecule has 2 atom stereocenters. The van der Waals surface area contributed by atoms with Gasteiger partial charge in [-0.1, -0.05) is 35.0 Å². The van der Waals surface area contributed by atoms with E-state index in [0.717, 1.165) is 16.7 Å². The Hall–Kier alpha value is -1.06. The molecule has 0 spiro atoms. The number of hydrogen-bond donors (Lipinski definition) is 1. The van der Waals surface area contributed by atoms with Crippen molar-refractivity contribution < 1.29 is 4.42 Å². The number of rotatable bonds is 5. The Kier molecular flexibility index (Phi) is 4.61. The van der Waals surface area contributed by atoms with Gasteiger partial charge in [-0.2, -0.15) is 0 Å². The molecule has 2 unspecified atom stereocenters. The summed E-state index contributed by atoms with van der Waals surface area (Å²) >= 11 is 3.51. The average Bonchev–Trinajstić information content (AvgIpc) is 2.89. The monoisotopic (exact) mass is 307 g/mol. The minimum absolute atomic E-state index is 0.258. The van der Waals surface area contributed by atoms with Gasteiger partial charge in [0.15, 0.2) is 0 Å². The lowest BCUT2D eigenvalue weighted by atomic mass is 10.1. The van der Waals surface area contributed by atoms with E-state index >= 15 is 0 Å². The summed E-state index contributed by atoms with van der Waals surface area (Å²) in [4.78, 5) is 0. The molecule has 18 heavy (non-hydrogen) atoms. The first kappa shape index (κ1) is 13.4. The van der Waals surface area contributed by atoms with Crippen LogP contribution in [-0.4, -0.2) is 0 Å². The van der Waals surface area contributed by atoms with Crippen LogP contribution in [0.25, 0.3) is 0 Å². The Labute approximate surface area is 117 Å². The molecular weight excluding hydrogens is 290 g/mol. The molecule has 0 radical (unpaired) electrons. The van der Waals surface area contributed by atoms with Gasteiger partial charge in [-0.15, -0.1) is 0 Å². The number of halogens is 1. The largest absolute Gasteiger partial charge is 0.468 e. The summed E-state index contributed by atoms with van der Waals surface area (Å²) in [6.07, 6.45) is 2.73. The van der Waals surface area contributed by atoms with Crippen LogP contribution in [0.3, 0.4) is 0 Å². The molecule has 1 aromatic carbocycles. The zero-order chi connectivity index (χ0) is 13.0. The Balaban J connectivity index is 2.08. The molecule has 2 aromatic rings. The van der Waals surface area contributed by atoms with Crippen LogP contribution in [0, 0.1) is 0 Å². The molecule has 0 fully saturated rings. The van der Waals surface area contributed by atoms with Gasteiger partial charge < -0.3 is 9.73 Å². The van der Waals surface area contributed by atoms with Crippen molar-refractivity contribution in [3.05, 3.63) is 58.5 Å². The fraction of sp³-hybridized carbons (Fsp3) is 0.333. The van der Waals surface area contributed by atoms with Gasteiger partial charge in [0.05, 0.1) is 12.3 Å². The summed E-state index contributed by atoms with van der Waals surface area (Å²) < 4.78 is 6.59. The van der Waals surface area contributed by atoms with Gasteiger partial charge in [-0.25, -0.2) is 0 Å². The molecule has 2 rings (SSSR count). The number of benzene rings is 1. The van der Waals surface area contributed by atoms with Gasteiger partial charge in [0.25, 0.3) is 0 Å². The fourth-order valence-electron chi connectivity index (χ4n) is 2.06. The minimum Gasteiger partial charge on any atom is -0.468 e. The topological polar surface area (TPSA) is 25.2 Å². The highest BCUT2D eigenvalue weighted by atomic mass is 79.9. The first-order valence-corrected chi connectivity index (χ1v) is 7.05. The summed E-state index contributed by atoms with van der Waals surface area (Å²) in [7, 11) is 0. The quantitative estimate of drug-likeness (QED) is 0.854. The van der Waals surface area contributed by atoms with Crippen molar-refractivity contribution in [3.63, 3.8) is 0 Å². The van der Waals surface area contributed by atoms with Crippen molar-refractivity contribution in [2.75, 3.05) is 0 Å². The smallest absolute Gasteiger partial charge is 0.120 e. The van der Waals surface area contributed by atoms with Crippen LogP contribution in [-0.2, 0) is 0 Å². The molecule has 0 aliphatic heterocycles. The summed E-state index contributed by atoms with van der Waals surface area (Å²) in [5.41, 5.74) is 1.27. The van der Waals surface area contributed by atoms with Crippen molar-refractivity contribution in [3.8, 4) is 0 Å². The third-order valence-corrected chi connectivity index (χ3v) is 3.59. The van der Waals surface area contributed by atoms with Crippen LogP contribution >= 0.6 is 15.9 Å². The fourth-order valence-corrected chi connectivity index (χ4v) is 2.48. The second-order valence-electron chi connectivity index (χ2n) is 4.42. The van der Waals surface area contributed by atoms with E-state index in [-0.39, 0.29) is 12.1 Å². The Bertz CT molecular complexity index is 481. The lowest BCUT2D eigenvalue weighted by Crippen LogP contribution is -2.23. The SMILES string of the molecule is CCC(NC(C)c1cccc(Br)c1)c1ccco1. The normalized spacial score (nSPS) is 14.4. The maximum absolute atomic E-state index is 5.48. The van der Waals surface area contributed by atoms with E-state index in [1.54, 1.807) is 6.26 Å². The molecule has 96 valence electrons. The van der Waals surface area contributed by atoms with Gasteiger partial charge in [-0.05, 0) is 43.2 Å². The Morgan fingerprint density at radius 2 is 2.11 bits per heavy atom. The molecule has 1 aromatic heterocycles. The van der Waals surface area contributed by atoms with Crippen molar-refractivity contribution in [2.24, 2.45) is 0 Å². The first-order valence-electron chi connectivity index (χ1n) is 6.25. The number of hydrogen-bond acceptors (Lipinski definition) is 2. The van der Waals surface area contributed by atoms with E-state index in [1.165, 1.54) is 5.56 Å². The van der Waals surface area contributed by atoms with Crippen LogP contribution in [0.4, 0.5) is 0 Å². The molecular formula is C15H18BrNO. The zero-order valence-electron chi connectivity index (χ0n) is 10.7. The van der Waals surface area contributed by atoms with Gasteiger partial charge in [-0.3, -0.25) is 0 Å². The molecule has 0 saturated heterocycles. The Morgan fingerprint density at radius 3 is 2.72 bits per heavy atom. The lowest BCUT2D eigenvalue weighted by Gasteiger charge is -2.21. The van der Waals surface area contributed by atoms with Crippen molar-refractivity contribution >= 4 is 15.9 Å². The average molecular weight is 308 g/mol. The summed E-state index contributed by atoms with van der Waals surface area (Å²) in [5.74, 6) is 0.999. The van der Waals surface area contributed by atoms with Crippen LogP contribution in [0.1, 0.15) is 43.7 Å². The third kappa shape index (κ3) is 3.24. The zero-order valence-corrected chi connectivity index (χ0v) is 12.3. The molecule has 0 aliphatic rings. The van der Waals surface area contributed by atoms with Crippen molar-refractivity contribution in [2.45, 2.75) is 32.4 Å². The van der Waals surface area contributed by atoms with Gasteiger partial charge >= 0.3 is 0 Å². The lowest BCUT2D eigenvalue weighted by molar-refractivity contribution is 0.376. The van der Waals surface area contributed by atoms with E-state index in [9.17, 15) is 0 Å². The first-order chi connectivity index (χ1) is 8.70. The van der Waals surface area contributed by atoms with Gasteiger partial charge in [0.2, 0.25) is 0 Å². The summed E-state index contributed by atoms with van der Waals surface area (Å²) in [6, 6.07) is 12.9. The van der Waals surface area contributed by atoms with Crippen LogP contribution < -0.4 is 5.32 Å². The second-order valence-corrected chi connectivity index (χ2v) is 5.34. The molecule has 3 heteroatoms. The Morgan fingerprint density at radius 1 is 1.28 bits per heavy atom. The molecule has 0 amide bonds. The molecule has 1 heterocycles. The maximum Gasteiger partial charge on any atom is 0.120 e. The van der Waals surface area contributed by atoms with E-state index in [4.69, 9.17) is 4.42 Å². The highest BCUT2D eigenvalue weighted by Gasteiger charge is 2.15. The summed E-state index contributed by atoms with van der Waals surface area (Å²) in [5, 5.41) is 3.60. The number of furan rings is 1. The molecule has 1 N–H and O–H groups in total. The summed E-state index contributed by atoms with van der Waals surface area (Å²) in [6.45, 7) is 4.33. The van der Waals surface area contributed by atoms with Crippen molar-refractivity contribution in [1.82, 2.24) is 5.32 Å². The van der Waals surface area contributed by atoms with E-state index in [2.05, 4.69) is 53.3 Å². The van der Waals surface area contributed by atoms with Crippen molar-refractivity contribution in [1.29, 1.82) is 0 Å². The van der Waals surface area contributed by atoms with Crippen LogP contribution in [0.5, 0.6) is 0 Å². The molecule has 0 saturated carbocycles. The minimum atomic E-state index is 0.258. The predicted molar refractivity (Wildman–Crippen MR) is 77.4 cm³/mol.